The van der Waals surface area contributed by atoms with Gasteiger partial charge in [-0.25, -0.2) is 0 Å². The van der Waals surface area contributed by atoms with Crippen LogP contribution in [0.25, 0.3) is 0 Å². The van der Waals surface area contributed by atoms with E-state index in [4.69, 9.17) is 5.73 Å². The van der Waals surface area contributed by atoms with Crippen LogP contribution in [0.5, 0.6) is 0 Å². The molecule has 90 valence electrons. The normalized spacial score (nSPS) is 12.7. The van der Waals surface area contributed by atoms with Crippen LogP contribution in [-0.4, -0.2) is 5.75 Å². The fraction of sp³-hybridized carbons (Fsp3) is 0.571. The molecule has 1 aromatic rings. The van der Waals surface area contributed by atoms with Crippen molar-refractivity contribution in [3.8, 4) is 0 Å². The minimum Gasteiger partial charge on any atom is -0.324 e. The third kappa shape index (κ3) is 5.04. The lowest BCUT2D eigenvalue weighted by atomic mass is 10.1. The van der Waals surface area contributed by atoms with Crippen molar-refractivity contribution >= 4 is 11.8 Å². The van der Waals surface area contributed by atoms with Gasteiger partial charge in [-0.1, -0.05) is 38.3 Å². The number of unbranched alkanes of at least 4 members (excludes halogenated alkanes) is 3. The zero-order valence-electron chi connectivity index (χ0n) is 10.4. The molecule has 0 spiro atoms. The van der Waals surface area contributed by atoms with Crippen LogP contribution < -0.4 is 5.73 Å². The molecule has 0 aromatic heterocycles. The van der Waals surface area contributed by atoms with Gasteiger partial charge in [0.1, 0.15) is 0 Å². The van der Waals surface area contributed by atoms with E-state index in [1.807, 2.05) is 18.7 Å². The Morgan fingerprint density at radius 1 is 1.12 bits per heavy atom. The number of hydrogen-bond donors (Lipinski definition) is 1. The van der Waals surface area contributed by atoms with Crippen LogP contribution >= 0.6 is 11.8 Å². The SMILES string of the molecule is CCCCCCSc1ccc(C(C)N)cc1. The molecular weight excluding hydrogens is 214 g/mol. The van der Waals surface area contributed by atoms with Gasteiger partial charge in [0.05, 0.1) is 0 Å². The summed E-state index contributed by atoms with van der Waals surface area (Å²) in [7, 11) is 0. The second-order valence-electron chi connectivity index (χ2n) is 4.27. The quantitative estimate of drug-likeness (QED) is 0.562. The Morgan fingerprint density at radius 2 is 1.81 bits per heavy atom. The van der Waals surface area contributed by atoms with Crippen LogP contribution in [0.2, 0.25) is 0 Å². The lowest BCUT2D eigenvalue weighted by molar-refractivity contribution is 0.706. The number of benzene rings is 1. The van der Waals surface area contributed by atoms with E-state index in [1.54, 1.807) is 0 Å². The standard InChI is InChI=1S/C14H23NS/c1-3-4-5-6-11-16-14-9-7-13(8-10-14)12(2)15/h7-10,12H,3-6,11,15H2,1-2H3. The first-order chi connectivity index (χ1) is 7.74. The van der Waals surface area contributed by atoms with Crippen LogP contribution in [0.1, 0.15) is 51.1 Å². The van der Waals surface area contributed by atoms with Gasteiger partial charge in [0.2, 0.25) is 0 Å². The third-order valence-electron chi connectivity index (χ3n) is 2.67. The van der Waals surface area contributed by atoms with Gasteiger partial charge in [-0.3, -0.25) is 0 Å². The van der Waals surface area contributed by atoms with Crippen LogP contribution in [0.15, 0.2) is 29.2 Å². The summed E-state index contributed by atoms with van der Waals surface area (Å²) in [6, 6.07) is 8.79. The minimum absolute atomic E-state index is 0.142. The smallest absolute Gasteiger partial charge is 0.0266 e. The highest BCUT2D eigenvalue weighted by molar-refractivity contribution is 7.99. The summed E-state index contributed by atoms with van der Waals surface area (Å²) >= 11 is 1.95. The zero-order chi connectivity index (χ0) is 11.8. The van der Waals surface area contributed by atoms with Gasteiger partial charge in [0.15, 0.2) is 0 Å². The van der Waals surface area contributed by atoms with Gasteiger partial charge >= 0.3 is 0 Å². The average Bonchev–Trinajstić information content (AvgIpc) is 2.29. The highest BCUT2D eigenvalue weighted by atomic mass is 32.2. The highest BCUT2D eigenvalue weighted by Crippen LogP contribution is 2.21. The van der Waals surface area contributed by atoms with E-state index in [1.165, 1.54) is 41.9 Å². The minimum atomic E-state index is 0.142. The fourth-order valence-corrected chi connectivity index (χ4v) is 2.50. The molecule has 1 atom stereocenters. The topological polar surface area (TPSA) is 26.0 Å². The van der Waals surface area contributed by atoms with Crippen molar-refractivity contribution < 1.29 is 0 Å². The lowest BCUT2D eigenvalue weighted by Gasteiger charge is -2.06. The lowest BCUT2D eigenvalue weighted by Crippen LogP contribution is -2.04. The van der Waals surface area contributed by atoms with Gasteiger partial charge in [-0.15, -0.1) is 11.8 Å². The number of nitrogens with two attached hydrogens (primary N) is 1. The van der Waals surface area contributed by atoms with Gasteiger partial charge in [-0.05, 0) is 36.8 Å². The van der Waals surface area contributed by atoms with Crippen molar-refractivity contribution in [2.45, 2.75) is 50.5 Å². The van der Waals surface area contributed by atoms with Gasteiger partial charge in [-0.2, -0.15) is 0 Å². The zero-order valence-corrected chi connectivity index (χ0v) is 11.2. The molecule has 0 aliphatic rings. The first-order valence-electron chi connectivity index (χ1n) is 6.22. The highest BCUT2D eigenvalue weighted by Gasteiger charge is 1.99. The summed E-state index contributed by atoms with van der Waals surface area (Å²) in [6.07, 6.45) is 5.37. The van der Waals surface area contributed by atoms with Crippen molar-refractivity contribution in [3.63, 3.8) is 0 Å². The summed E-state index contributed by atoms with van der Waals surface area (Å²) in [4.78, 5) is 1.36. The van der Waals surface area contributed by atoms with Gasteiger partial charge in [0, 0.05) is 10.9 Å². The number of rotatable bonds is 7. The van der Waals surface area contributed by atoms with Crippen LogP contribution in [0.4, 0.5) is 0 Å². The molecule has 1 rings (SSSR count). The van der Waals surface area contributed by atoms with E-state index in [-0.39, 0.29) is 6.04 Å². The molecule has 1 unspecified atom stereocenters. The molecule has 1 aromatic carbocycles. The van der Waals surface area contributed by atoms with Gasteiger partial charge < -0.3 is 5.73 Å². The molecule has 0 saturated carbocycles. The first kappa shape index (κ1) is 13.6. The Morgan fingerprint density at radius 3 is 2.38 bits per heavy atom. The summed E-state index contributed by atoms with van der Waals surface area (Å²) in [5.41, 5.74) is 7.03. The molecule has 0 saturated heterocycles. The Kier molecular flexibility index (Phi) is 6.58. The molecule has 0 radical (unpaired) electrons. The molecule has 0 fully saturated rings. The average molecular weight is 237 g/mol. The number of hydrogen-bond acceptors (Lipinski definition) is 2. The molecule has 2 heteroatoms. The second-order valence-corrected chi connectivity index (χ2v) is 5.44. The van der Waals surface area contributed by atoms with Crippen molar-refractivity contribution in [1.82, 2.24) is 0 Å². The number of thioether (sulfide) groups is 1. The molecule has 0 aliphatic heterocycles. The second kappa shape index (κ2) is 7.75. The molecule has 1 nitrogen and oxygen atoms in total. The Labute approximate surface area is 104 Å². The summed E-state index contributed by atoms with van der Waals surface area (Å²) < 4.78 is 0. The van der Waals surface area contributed by atoms with E-state index >= 15 is 0 Å². The van der Waals surface area contributed by atoms with E-state index in [2.05, 4.69) is 31.2 Å². The first-order valence-corrected chi connectivity index (χ1v) is 7.21. The predicted molar refractivity (Wildman–Crippen MR) is 73.9 cm³/mol. The van der Waals surface area contributed by atoms with Crippen LogP contribution in [-0.2, 0) is 0 Å². The van der Waals surface area contributed by atoms with Crippen molar-refractivity contribution in [1.29, 1.82) is 0 Å². The maximum absolute atomic E-state index is 5.81. The van der Waals surface area contributed by atoms with Crippen LogP contribution in [0.3, 0.4) is 0 Å². The maximum Gasteiger partial charge on any atom is 0.0266 e. The van der Waals surface area contributed by atoms with Crippen LogP contribution in [0, 0.1) is 0 Å². The molecule has 0 amide bonds. The molecule has 0 bridgehead atoms. The van der Waals surface area contributed by atoms with E-state index < -0.39 is 0 Å². The predicted octanol–water partition coefficient (Wildman–Crippen LogP) is 4.38. The third-order valence-corrected chi connectivity index (χ3v) is 3.77. The van der Waals surface area contributed by atoms with Crippen molar-refractivity contribution in [3.05, 3.63) is 29.8 Å². The molecule has 16 heavy (non-hydrogen) atoms. The van der Waals surface area contributed by atoms with Crippen molar-refractivity contribution in [2.24, 2.45) is 5.73 Å². The summed E-state index contributed by atoms with van der Waals surface area (Å²) in [6.45, 7) is 4.27. The van der Waals surface area contributed by atoms with Crippen molar-refractivity contribution in [2.75, 3.05) is 5.75 Å². The Bertz CT molecular complexity index is 279. The summed E-state index contributed by atoms with van der Waals surface area (Å²) in [5, 5.41) is 0. The molecular formula is C14H23NS. The van der Waals surface area contributed by atoms with E-state index in [0.29, 0.717) is 0 Å². The summed E-state index contributed by atoms with van der Waals surface area (Å²) in [5.74, 6) is 1.23. The largest absolute Gasteiger partial charge is 0.324 e. The molecule has 2 N–H and O–H groups in total. The molecule has 0 heterocycles. The molecule has 0 aliphatic carbocycles. The Balaban J connectivity index is 2.27. The van der Waals surface area contributed by atoms with E-state index in [9.17, 15) is 0 Å². The Hall–Kier alpha value is -0.470. The monoisotopic (exact) mass is 237 g/mol. The maximum atomic E-state index is 5.81. The van der Waals surface area contributed by atoms with Gasteiger partial charge in [0.25, 0.3) is 0 Å². The fourth-order valence-electron chi connectivity index (χ4n) is 1.59. The van der Waals surface area contributed by atoms with E-state index in [0.717, 1.165) is 0 Å².